The van der Waals surface area contributed by atoms with Crippen LogP contribution < -0.4 is 0 Å². The van der Waals surface area contributed by atoms with Crippen molar-refractivity contribution in [1.29, 1.82) is 0 Å². The molecule has 0 atom stereocenters. The van der Waals surface area contributed by atoms with Gasteiger partial charge in [0.1, 0.15) is 0 Å². The standard InChI is InChI=1S/C18H24N2.Cu.2NO3/c1-17(2,3)13-7-9-19-15(11-13)16-12-14(8-10-20-16)18(4,5)6;;2*2-1(3)4/h7-12H,1-6H3;;;/q;+2;2*-1. The van der Waals surface area contributed by atoms with Gasteiger partial charge in [-0.05, 0) is 46.2 Å². The van der Waals surface area contributed by atoms with Crippen LogP contribution in [0, 0.1) is 30.6 Å². The molecule has 2 heterocycles. The van der Waals surface area contributed by atoms with Gasteiger partial charge < -0.3 is 30.6 Å². The summed E-state index contributed by atoms with van der Waals surface area (Å²) in [4.78, 5) is 25.5. The zero-order chi connectivity index (χ0) is 22.1. The summed E-state index contributed by atoms with van der Waals surface area (Å²) in [6.07, 6.45) is 3.75. The van der Waals surface area contributed by atoms with Gasteiger partial charge in [-0.3, -0.25) is 9.97 Å². The van der Waals surface area contributed by atoms with Crippen molar-refractivity contribution in [2.24, 2.45) is 0 Å². The summed E-state index contributed by atoms with van der Waals surface area (Å²) in [5.41, 5.74) is 4.71. The van der Waals surface area contributed by atoms with Crippen LogP contribution in [-0.2, 0) is 27.9 Å². The van der Waals surface area contributed by atoms with Crippen molar-refractivity contribution in [2.75, 3.05) is 0 Å². The van der Waals surface area contributed by atoms with Crippen LogP contribution in [0.3, 0.4) is 0 Å². The zero-order valence-corrected chi connectivity index (χ0v) is 17.9. The fourth-order valence-corrected chi connectivity index (χ4v) is 2.07. The molecule has 11 heteroatoms. The monoisotopic (exact) mass is 455 g/mol. The Morgan fingerprint density at radius 2 is 0.931 bits per heavy atom. The van der Waals surface area contributed by atoms with Gasteiger partial charge in [0.15, 0.2) is 0 Å². The summed E-state index contributed by atoms with van der Waals surface area (Å²) >= 11 is 0. The van der Waals surface area contributed by atoms with E-state index >= 15 is 0 Å². The normalized spacial score (nSPS) is 10.3. The van der Waals surface area contributed by atoms with Gasteiger partial charge in [-0.2, -0.15) is 0 Å². The topological polar surface area (TPSA) is 158 Å². The fourth-order valence-electron chi connectivity index (χ4n) is 2.07. The Labute approximate surface area is 179 Å². The molecule has 0 saturated carbocycles. The Hall–Kier alpha value is -2.78. The molecule has 0 unspecified atom stereocenters. The third-order valence-corrected chi connectivity index (χ3v) is 3.51. The van der Waals surface area contributed by atoms with Crippen molar-refractivity contribution >= 4 is 0 Å². The number of hydrogen-bond acceptors (Lipinski definition) is 8. The molecule has 2 aromatic rings. The molecule has 0 fully saturated rings. The zero-order valence-electron chi connectivity index (χ0n) is 17.0. The van der Waals surface area contributed by atoms with Gasteiger partial charge in [0.05, 0.1) is 21.6 Å². The second kappa shape index (κ2) is 11.9. The molecule has 163 valence electrons. The van der Waals surface area contributed by atoms with E-state index in [1.54, 1.807) is 0 Å². The Kier molecular flexibility index (Phi) is 11.7. The average Bonchev–Trinajstić information content (AvgIpc) is 2.52. The van der Waals surface area contributed by atoms with E-state index < -0.39 is 10.2 Å². The maximum atomic E-state index is 8.25. The summed E-state index contributed by atoms with van der Waals surface area (Å²) in [7, 11) is 0. The maximum Gasteiger partial charge on any atom is 2.00 e. The van der Waals surface area contributed by atoms with Crippen LogP contribution in [0.4, 0.5) is 0 Å². The van der Waals surface area contributed by atoms with Crippen molar-refractivity contribution < 1.29 is 27.2 Å². The SMILES string of the molecule is CC(C)(C)c1ccnc(-c2cc(C(C)(C)C)ccn2)c1.O=[N+]([O-])[O-].O=[N+]([O-])[O-].[Cu+2]. The van der Waals surface area contributed by atoms with Gasteiger partial charge in [-0.1, -0.05) is 41.5 Å². The van der Waals surface area contributed by atoms with E-state index in [1.807, 2.05) is 12.4 Å². The molecule has 0 aliphatic rings. The predicted octanol–water partition coefficient (Wildman–Crippen LogP) is 4.26. The van der Waals surface area contributed by atoms with Crippen molar-refractivity contribution in [3.8, 4) is 11.4 Å². The van der Waals surface area contributed by atoms with E-state index in [9.17, 15) is 0 Å². The smallest absolute Gasteiger partial charge is 0.356 e. The van der Waals surface area contributed by atoms with Gasteiger partial charge in [0, 0.05) is 12.4 Å². The van der Waals surface area contributed by atoms with Gasteiger partial charge in [-0.25, -0.2) is 0 Å². The second-order valence-electron chi connectivity index (χ2n) is 7.81. The molecule has 0 bridgehead atoms. The van der Waals surface area contributed by atoms with Crippen LogP contribution in [0.5, 0.6) is 0 Å². The summed E-state index contributed by atoms with van der Waals surface area (Å²) in [5, 5.41) is 29.5. The third kappa shape index (κ3) is 12.3. The summed E-state index contributed by atoms with van der Waals surface area (Å²) in [6, 6.07) is 8.46. The molecule has 2 rings (SSSR count). The number of rotatable bonds is 1. The molecule has 0 saturated heterocycles. The van der Waals surface area contributed by atoms with E-state index in [4.69, 9.17) is 30.6 Å². The molecule has 0 aromatic carbocycles. The fraction of sp³-hybridized carbons (Fsp3) is 0.444. The minimum Gasteiger partial charge on any atom is -0.356 e. The van der Waals surface area contributed by atoms with E-state index in [1.165, 1.54) is 11.1 Å². The van der Waals surface area contributed by atoms with Crippen molar-refractivity contribution in [1.82, 2.24) is 9.97 Å². The number of aromatic nitrogens is 2. The van der Waals surface area contributed by atoms with Crippen LogP contribution in [0.2, 0.25) is 0 Å². The van der Waals surface area contributed by atoms with Crippen LogP contribution in [0.15, 0.2) is 36.7 Å². The molecule has 0 amide bonds. The van der Waals surface area contributed by atoms with Crippen molar-refractivity contribution in [3.63, 3.8) is 0 Å². The summed E-state index contributed by atoms with van der Waals surface area (Å²) in [5.74, 6) is 0. The maximum absolute atomic E-state index is 8.25. The second-order valence-corrected chi connectivity index (χ2v) is 7.81. The minimum absolute atomic E-state index is 0. The first-order valence-electron chi connectivity index (χ1n) is 8.21. The van der Waals surface area contributed by atoms with Crippen LogP contribution in [-0.4, -0.2) is 20.1 Å². The third-order valence-electron chi connectivity index (χ3n) is 3.51. The molecule has 2 aromatic heterocycles. The van der Waals surface area contributed by atoms with Crippen LogP contribution in [0.25, 0.3) is 11.4 Å². The van der Waals surface area contributed by atoms with Gasteiger partial charge in [-0.15, -0.1) is 0 Å². The van der Waals surface area contributed by atoms with E-state index in [2.05, 4.69) is 75.8 Å². The first kappa shape index (κ1) is 28.4. The molecule has 0 spiro atoms. The minimum atomic E-state index is -1.75. The van der Waals surface area contributed by atoms with Gasteiger partial charge in [0.25, 0.3) is 0 Å². The molecule has 0 N–H and O–H groups in total. The van der Waals surface area contributed by atoms with Gasteiger partial charge >= 0.3 is 17.1 Å². The Morgan fingerprint density at radius 3 is 1.14 bits per heavy atom. The molecular formula is C18H24CuN4O6. The Balaban J connectivity index is 0. The largest absolute Gasteiger partial charge is 2.00 e. The van der Waals surface area contributed by atoms with Gasteiger partial charge in [0.2, 0.25) is 0 Å². The molecule has 0 aliphatic carbocycles. The Bertz CT molecular complexity index is 728. The number of nitrogens with zero attached hydrogens (tertiary/aromatic N) is 4. The van der Waals surface area contributed by atoms with E-state index in [0.29, 0.717) is 0 Å². The predicted molar refractivity (Wildman–Crippen MR) is 106 cm³/mol. The summed E-state index contributed by atoms with van der Waals surface area (Å²) < 4.78 is 0. The Morgan fingerprint density at radius 1 is 0.690 bits per heavy atom. The quantitative estimate of drug-likeness (QED) is 0.350. The first-order chi connectivity index (χ1) is 12.6. The van der Waals surface area contributed by atoms with Crippen LogP contribution in [0.1, 0.15) is 52.7 Å². The van der Waals surface area contributed by atoms with E-state index in [0.717, 1.165) is 11.4 Å². The number of hydrogen-bond donors (Lipinski definition) is 0. The number of pyridine rings is 2. The molecular weight excluding hydrogens is 432 g/mol. The van der Waals surface area contributed by atoms with Crippen molar-refractivity contribution in [3.05, 3.63) is 78.4 Å². The summed E-state index contributed by atoms with van der Waals surface area (Å²) in [6.45, 7) is 13.3. The molecule has 1 radical (unpaired) electrons. The molecule has 29 heavy (non-hydrogen) atoms. The average molecular weight is 456 g/mol. The molecule has 0 aliphatic heterocycles. The van der Waals surface area contributed by atoms with Crippen molar-refractivity contribution in [2.45, 2.75) is 52.4 Å². The van der Waals surface area contributed by atoms with Crippen LogP contribution >= 0.6 is 0 Å². The van der Waals surface area contributed by atoms with E-state index in [-0.39, 0.29) is 27.9 Å². The first-order valence-corrected chi connectivity index (χ1v) is 8.21. The molecule has 10 nitrogen and oxygen atoms in total.